The normalized spacial score (nSPS) is 10.2. The van der Waals surface area contributed by atoms with Crippen LogP contribution in [-0.2, 0) is 16.1 Å². The molecule has 2 rings (SSSR count). The molecule has 1 aromatic carbocycles. The molecule has 0 atom stereocenters. The number of nitrogen functional groups attached to an aromatic ring is 1. The minimum absolute atomic E-state index is 0.0489. The highest BCUT2D eigenvalue weighted by Gasteiger charge is 2.19. The largest absolute Gasteiger partial charge is 0.452 e. The van der Waals surface area contributed by atoms with Crippen LogP contribution in [0.25, 0.3) is 0 Å². The average molecular weight is 375 g/mol. The summed E-state index contributed by atoms with van der Waals surface area (Å²) in [5.41, 5.74) is 4.99. The van der Waals surface area contributed by atoms with E-state index in [0.29, 0.717) is 13.1 Å². The molecule has 8 nitrogen and oxygen atoms in total. The number of carbonyl (C=O) groups is 2. The molecule has 2 aromatic rings. The lowest BCUT2D eigenvalue weighted by molar-refractivity contribution is -0.383. The van der Waals surface area contributed by atoms with E-state index < -0.39 is 29.1 Å². The van der Waals surface area contributed by atoms with Crippen molar-refractivity contribution in [2.24, 2.45) is 0 Å². The van der Waals surface area contributed by atoms with Crippen molar-refractivity contribution in [1.82, 2.24) is 4.90 Å². The first-order valence-corrected chi connectivity index (χ1v) is 8.42. The zero-order chi connectivity index (χ0) is 19.1. The highest BCUT2D eigenvalue weighted by Crippen LogP contribution is 2.22. The third-order valence-electron chi connectivity index (χ3n) is 3.42. The number of rotatable bonds is 8. The summed E-state index contributed by atoms with van der Waals surface area (Å²) in [5, 5.41) is 12.8. The van der Waals surface area contributed by atoms with Gasteiger partial charge in [0.1, 0.15) is 5.69 Å². The van der Waals surface area contributed by atoms with Gasteiger partial charge in [-0.15, -0.1) is 17.9 Å². The van der Waals surface area contributed by atoms with Gasteiger partial charge in [0.2, 0.25) is 0 Å². The zero-order valence-corrected chi connectivity index (χ0v) is 14.6. The molecule has 9 heteroatoms. The molecule has 1 amide bonds. The van der Waals surface area contributed by atoms with Crippen molar-refractivity contribution >= 4 is 34.6 Å². The van der Waals surface area contributed by atoms with E-state index >= 15 is 0 Å². The predicted octanol–water partition coefficient (Wildman–Crippen LogP) is 2.61. The maximum atomic E-state index is 12.3. The second-order valence-corrected chi connectivity index (χ2v) is 6.28. The van der Waals surface area contributed by atoms with Gasteiger partial charge in [-0.2, -0.15) is 0 Å². The van der Waals surface area contributed by atoms with E-state index in [0.717, 1.165) is 10.9 Å². The molecule has 0 aliphatic rings. The minimum Gasteiger partial charge on any atom is -0.452 e. The van der Waals surface area contributed by atoms with E-state index in [1.54, 1.807) is 6.08 Å². The molecular formula is C17H17N3O5S. The molecule has 0 bridgehead atoms. The topological polar surface area (TPSA) is 116 Å². The Hall–Kier alpha value is -3.20. The Kier molecular flexibility index (Phi) is 6.45. The lowest BCUT2D eigenvalue weighted by Gasteiger charge is -2.20. The lowest BCUT2D eigenvalue weighted by Crippen LogP contribution is -2.34. The number of nitrogens with two attached hydrogens (primary N) is 1. The quantitative estimate of drug-likeness (QED) is 0.249. The first kappa shape index (κ1) is 19.1. The predicted molar refractivity (Wildman–Crippen MR) is 97.7 cm³/mol. The number of amides is 1. The molecule has 0 aliphatic carbocycles. The van der Waals surface area contributed by atoms with Crippen molar-refractivity contribution in [3.05, 3.63) is 68.9 Å². The summed E-state index contributed by atoms with van der Waals surface area (Å²) in [6.07, 6.45) is 1.58. The number of benzene rings is 1. The second kappa shape index (κ2) is 8.77. The van der Waals surface area contributed by atoms with Crippen molar-refractivity contribution in [1.29, 1.82) is 0 Å². The zero-order valence-electron chi connectivity index (χ0n) is 13.8. The molecule has 0 fully saturated rings. The van der Waals surface area contributed by atoms with E-state index in [-0.39, 0.29) is 11.3 Å². The molecule has 0 saturated carbocycles. The standard InChI is InChI=1S/C17H17N3O5S/c1-2-7-19(10-13-4-3-8-26-13)16(21)11-25-17(22)12-5-6-14(18)15(9-12)20(23)24/h2-6,8-9H,1,7,10-11,18H2. The number of anilines is 1. The molecule has 26 heavy (non-hydrogen) atoms. The fourth-order valence-electron chi connectivity index (χ4n) is 2.13. The summed E-state index contributed by atoms with van der Waals surface area (Å²) in [7, 11) is 0. The lowest BCUT2D eigenvalue weighted by atomic mass is 10.2. The Labute approximate surface area is 153 Å². The van der Waals surface area contributed by atoms with E-state index in [2.05, 4.69) is 6.58 Å². The minimum atomic E-state index is -0.837. The SMILES string of the molecule is C=CCN(Cc1cccs1)C(=O)COC(=O)c1ccc(N)c([N+](=O)[O-])c1. The number of hydrogen-bond donors (Lipinski definition) is 1. The van der Waals surface area contributed by atoms with Gasteiger partial charge in [0.05, 0.1) is 17.0 Å². The third-order valence-corrected chi connectivity index (χ3v) is 4.28. The number of ether oxygens (including phenoxy) is 1. The Bertz CT molecular complexity index is 820. The Morgan fingerprint density at radius 3 is 2.77 bits per heavy atom. The average Bonchev–Trinajstić information content (AvgIpc) is 3.12. The molecule has 0 unspecified atom stereocenters. The fourth-order valence-corrected chi connectivity index (χ4v) is 2.85. The first-order valence-electron chi connectivity index (χ1n) is 7.54. The van der Waals surface area contributed by atoms with Crippen molar-refractivity contribution < 1.29 is 19.2 Å². The maximum absolute atomic E-state index is 12.3. The van der Waals surface area contributed by atoms with Gasteiger partial charge in [-0.3, -0.25) is 14.9 Å². The van der Waals surface area contributed by atoms with Crippen molar-refractivity contribution in [2.45, 2.75) is 6.54 Å². The van der Waals surface area contributed by atoms with Gasteiger partial charge in [0.15, 0.2) is 6.61 Å². The molecule has 0 aliphatic heterocycles. The number of nitro benzene ring substituents is 1. The molecule has 2 N–H and O–H groups in total. The molecular weight excluding hydrogens is 358 g/mol. The van der Waals surface area contributed by atoms with Gasteiger partial charge in [-0.25, -0.2) is 4.79 Å². The summed E-state index contributed by atoms with van der Waals surface area (Å²) in [6.45, 7) is 3.83. The summed E-state index contributed by atoms with van der Waals surface area (Å²) in [4.78, 5) is 37.0. The van der Waals surface area contributed by atoms with Crippen LogP contribution >= 0.6 is 11.3 Å². The second-order valence-electron chi connectivity index (χ2n) is 5.25. The van der Waals surface area contributed by atoms with E-state index in [4.69, 9.17) is 10.5 Å². The van der Waals surface area contributed by atoms with Gasteiger partial charge >= 0.3 is 5.97 Å². The molecule has 1 heterocycles. The van der Waals surface area contributed by atoms with Crippen molar-refractivity contribution in [3.63, 3.8) is 0 Å². The summed E-state index contributed by atoms with van der Waals surface area (Å²) < 4.78 is 4.99. The van der Waals surface area contributed by atoms with Crippen molar-refractivity contribution in [3.8, 4) is 0 Å². The highest BCUT2D eigenvalue weighted by molar-refractivity contribution is 7.09. The van der Waals surface area contributed by atoms with Crippen LogP contribution < -0.4 is 5.73 Å². The third kappa shape index (κ3) is 4.90. The van der Waals surface area contributed by atoms with E-state index in [9.17, 15) is 19.7 Å². The number of nitro groups is 1. The van der Waals surface area contributed by atoms with E-state index in [1.165, 1.54) is 28.4 Å². The molecule has 1 aromatic heterocycles. The van der Waals surface area contributed by atoms with Crippen LogP contribution in [0.1, 0.15) is 15.2 Å². The van der Waals surface area contributed by atoms with Crippen molar-refractivity contribution in [2.75, 3.05) is 18.9 Å². The molecule has 0 saturated heterocycles. The van der Waals surface area contributed by atoms with Gasteiger partial charge in [-0.1, -0.05) is 12.1 Å². The van der Waals surface area contributed by atoms with Crippen LogP contribution in [0.3, 0.4) is 0 Å². The van der Waals surface area contributed by atoms with Crippen LogP contribution in [0.4, 0.5) is 11.4 Å². The van der Waals surface area contributed by atoms with Crippen LogP contribution in [0.2, 0.25) is 0 Å². The van der Waals surface area contributed by atoms with Crippen LogP contribution in [0, 0.1) is 10.1 Å². The van der Waals surface area contributed by atoms with Gasteiger partial charge in [0.25, 0.3) is 11.6 Å². The summed E-state index contributed by atoms with van der Waals surface area (Å²) in [5.74, 6) is -1.23. The highest BCUT2D eigenvalue weighted by atomic mass is 32.1. The molecule has 136 valence electrons. The van der Waals surface area contributed by atoms with Crippen LogP contribution in [0.5, 0.6) is 0 Å². The smallest absolute Gasteiger partial charge is 0.338 e. The van der Waals surface area contributed by atoms with Crippen LogP contribution in [-0.4, -0.2) is 34.9 Å². The maximum Gasteiger partial charge on any atom is 0.338 e. The number of esters is 1. The number of thiophene rings is 1. The first-order chi connectivity index (χ1) is 12.4. The van der Waals surface area contributed by atoms with Gasteiger partial charge in [0, 0.05) is 17.5 Å². The number of carbonyl (C=O) groups excluding carboxylic acids is 2. The Morgan fingerprint density at radius 1 is 1.38 bits per heavy atom. The van der Waals surface area contributed by atoms with Gasteiger partial charge in [-0.05, 0) is 23.6 Å². The number of nitrogens with zero attached hydrogens (tertiary/aromatic N) is 2. The van der Waals surface area contributed by atoms with Crippen LogP contribution in [0.15, 0.2) is 48.4 Å². The summed E-state index contributed by atoms with van der Waals surface area (Å²) >= 11 is 1.51. The Balaban J connectivity index is 2.00. The fraction of sp³-hybridized carbons (Fsp3) is 0.176. The van der Waals surface area contributed by atoms with Gasteiger partial charge < -0.3 is 15.4 Å². The monoisotopic (exact) mass is 375 g/mol. The molecule has 0 radical (unpaired) electrons. The summed E-state index contributed by atoms with van der Waals surface area (Å²) in [6, 6.07) is 7.35. The van der Waals surface area contributed by atoms with E-state index in [1.807, 2.05) is 17.5 Å². The number of hydrogen-bond acceptors (Lipinski definition) is 7. The molecule has 0 spiro atoms. The Morgan fingerprint density at radius 2 is 2.15 bits per heavy atom.